The first-order valence-electron chi connectivity index (χ1n) is 6.87. The summed E-state index contributed by atoms with van der Waals surface area (Å²) in [5.41, 5.74) is 2.28. The van der Waals surface area contributed by atoms with Crippen molar-refractivity contribution in [2.24, 2.45) is 11.8 Å². The molecule has 2 aromatic rings. The van der Waals surface area contributed by atoms with Crippen molar-refractivity contribution in [1.82, 2.24) is 10.3 Å². The van der Waals surface area contributed by atoms with Gasteiger partial charge in [-0.1, -0.05) is 6.92 Å². The zero-order valence-corrected chi connectivity index (χ0v) is 13.3. The molecule has 0 spiro atoms. The van der Waals surface area contributed by atoms with E-state index in [1.54, 1.807) is 22.7 Å². The summed E-state index contributed by atoms with van der Waals surface area (Å²) in [5.74, 6) is 0.932. The fraction of sp³-hybridized carbons (Fsp3) is 0.467. The molecule has 106 valence electrons. The van der Waals surface area contributed by atoms with Gasteiger partial charge in [0.25, 0.3) is 0 Å². The van der Waals surface area contributed by atoms with E-state index in [1.807, 2.05) is 12.3 Å². The number of hydrogen-bond donors (Lipinski definition) is 1. The molecule has 0 aliphatic heterocycles. The fourth-order valence-corrected chi connectivity index (χ4v) is 3.87. The number of nitrogens with one attached hydrogen (secondary N) is 1. The Morgan fingerprint density at radius 3 is 2.90 bits per heavy atom. The highest BCUT2D eigenvalue weighted by molar-refractivity contribution is 7.09. The molecule has 2 heterocycles. The van der Waals surface area contributed by atoms with Crippen LogP contribution in [0.25, 0.3) is 0 Å². The molecular formula is C15H18N2OS2. The molecule has 3 rings (SSSR count). The van der Waals surface area contributed by atoms with E-state index in [0.717, 1.165) is 23.5 Å². The van der Waals surface area contributed by atoms with Gasteiger partial charge in [0.2, 0.25) is 5.91 Å². The van der Waals surface area contributed by atoms with Gasteiger partial charge >= 0.3 is 0 Å². The Bertz CT molecular complexity index is 591. The van der Waals surface area contributed by atoms with E-state index >= 15 is 0 Å². The number of amides is 1. The third-order valence-electron chi connectivity index (χ3n) is 3.72. The smallest absolute Gasteiger partial charge is 0.223 e. The van der Waals surface area contributed by atoms with Crippen LogP contribution in [0.4, 0.5) is 0 Å². The molecule has 0 radical (unpaired) electrons. The third-order valence-corrected chi connectivity index (χ3v) is 5.53. The summed E-state index contributed by atoms with van der Waals surface area (Å²) < 4.78 is 0. The van der Waals surface area contributed by atoms with E-state index in [-0.39, 0.29) is 17.9 Å². The van der Waals surface area contributed by atoms with Gasteiger partial charge in [-0.2, -0.15) is 11.3 Å². The Kier molecular flexibility index (Phi) is 3.89. The number of aromatic nitrogens is 1. The summed E-state index contributed by atoms with van der Waals surface area (Å²) in [6.45, 7) is 4.12. The van der Waals surface area contributed by atoms with Crippen molar-refractivity contribution in [2.45, 2.75) is 32.7 Å². The van der Waals surface area contributed by atoms with E-state index in [0.29, 0.717) is 5.92 Å². The lowest BCUT2D eigenvalue weighted by Crippen LogP contribution is -2.31. The molecule has 1 aliphatic rings. The molecule has 0 saturated heterocycles. The van der Waals surface area contributed by atoms with E-state index < -0.39 is 0 Å². The Balaban J connectivity index is 1.74. The minimum absolute atomic E-state index is 0.00333. The summed E-state index contributed by atoms with van der Waals surface area (Å²) >= 11 is 3.32. The van der Waals surface area contributed by atoms with Crippen LogP contribution in [0.1, 0.15) is 35.7 Å². The molecule has 3 atom stereocenters. The molecule has 20 heavy (non-hydrogen) atoms. The van der Waals surface area contributed by atoms with Crippen molar-refractivity contribution in [3.63, 3.8) is 0 Å². The molecule has 1 N–H and O–H groups in total. The van der Waals surface area contributed by atoms with Crippen molar-refractivity contribution in [2.75, 3.05) is 0 Å². The molecule has 0 unspecified atom stereocenters. The Morgan fingerprint density at radius 2 is 2.35 bits per heavy atom. The van der Waals surface area contributed by atoms with Gasteiger partial charge in [0, 0.05) is 23.4 Å². The molecule has 1 saturated carbocycles. The first-order valence-corrected chi connectivity index (χ1v) is 8.69. The van der Waals surface area contributed by atoms with Crippen LogP contribution in [0.5, 0.6) is 0 Å². The normalized spacial score (nSPS) is 22.5. The van der Waals surface area contributed by atoms with Crippen LogP contribution >= 0.6 is 22.7 Å². The number of hydrogen-bond acceptors (Lipinski definition) is 4. The molecule has 3 nitrogen and oxygen atoms in total. The summed E-state index contributed by atoms with van der Waals surface area (Å²) in [7, 11) is 0. The van der Waals surface area contributed by atoms with E-state index in [1.165, 1.54) is 5.56 Å². The number of thiophene rings is 1. The van der Waals surface area contributed by atoms with Crippen LogP contribution < -0.4 is 5.32 Å². The number of aryl methyl sites for hydroxylation is 1. The molecule has 2 aromatic heterocycles. The van der Waals surface area contributed by atoms with Crippen molar-refractivity contribution < 1.29 is 4.79 Å². The summed E-state index contributed by atoms with van der Waals surface area (Å²) in [4.78, 5) is 16.8. The molecule has 5 heteroatoms. The summed E-state index contributed by atoms with van der Waals surface area (Å²) in [5, 5.41) is 10.5. The van der Waals surface area contributed by atoms with Crippen molar-refractivity contribution >= 4 is 28.6 Å². The monoisotopic (exact) mass is 306 g/mol. The van der Waals surface area contributed by atoms with E-state index in [2.05, 4.69) is 34.1 Å². The van der Waals surface area contributed by atoms with Crippen LogP contribution in [0.2, 0.25) is 0 Å². The maximum absolute atomic E-state index is 12.2. The Labute approximate surface area is 127 Å². The predicted octanol–water partition coefficient (Wildman–Crippen LogP) is 3.57. The van der Waals surface area contributed by atoms with Gasteiger partial charge in [0.1, 0.15) is 5.01 Å². The number of nitrogens with zero attached hydrogens (tertiary/aromatic N) is 1. The van der Waals surface area contributed by atoms with E-state index in [9.17, 15) is 4.79 Å². The summed E-state index contributed by atoms with van der Waals surface area (Å²) in [6, 6.07) is 2.12. The number of carbonyl (C=O) groups excluding carboxylic acids is 1. The Hall–Kier alpha value is -1.20. The van der Waals surface area contributed by atoms with Gasteiger partial charge in [-0.25, -0.2) is 4.98 Å². The fourth-order valence-electron chi connectivity index (χ4n) is 2.34. The number of carbonyl (C=O) groups is 1. The van der Waals surface area contributed by atoms with Crippen molar-refractivity contribution in [3.8, 4) is 0 Å². The maximum atomic E-state index is 12.2. The van der Waals surface area contributed by atoms with Gasteiger partial charge < -0.3 is 5.32 Å². The van der Waals surface area contributed by atoms with Gasteiger partial charge in [0.15, 0.2) is 0 Å². The highest BCUT2D eigenvalue weighted by Gasteiger charge is 2.40. The quantitative estimate of drug-likeness (QED) is 0.917. The van der Waals surface area contributed by atoms with Gasteiger partial charge in [-0.15, -0.1) is 11.3 Å². The lowest BCUT2D eigenvalue weighted by Gasteiger charge is -2.16. The highest BCUT2D eigenvalue weighted by Crippen LogP contribution is 2.38. The van der Waals surface area contributed by atoms with Gasteiger partial charge in [-0.3, -0.25) is 4.79 Å². The molecular weight excluding hydrogens is 288 g/mol. The molecule has 0 bridgehead atoms. The highest BCUT2D eigenvalue weighted by atomic mass is 32.1. The SMILES string of the molecule is Cc1csc([C@H](Cc2ccsc2)NC(=O)[C@@H]2C[C@@H]2C)n1. The molecule has 1 amide bonds. The topological polar surface area (TPSA) is 42.0 Å². The van der Waals surface area contributed by atoms with Gasteiger partial charge in [-0.05, 0) is 41.7 Å². The number of thiazole rings is 1. The van der Waals surface area contributed by atoms with Crippen LogP contribution in [0.15, 0.2) is 22.2 Å². The second-order valence-electron chi connectivity index (χ2n) is 5.54. The zero-order valence-electron chi connectivity index (χ0n) is 11.6. The Morgan fingerprint density at radius 1 is 1.55 bits per heavy atom. The van der Waals surface area contributed by atoms with Crippen molar-refractivity contribution in [3.05, 3.63) is 38.5 Å². The van der Waals surface area contributed by atoms with Crippen molar-refractivity contribution in [1.29, 1.82) is 0 Å². The lowest BCUT2D eigenvalue weighted by atomic mass is 10.1. The lowest BCUT2D eigenvalue weighted by molar-refractivity contribution is -0.123. The minimum Gasteiger partial charge on any atom is -0.346 e. The molecule has 0 aromatic carbocycles. The zero-order chi connectivity index (χ0) is 14.1. The van der Waals surface area contributed by atoms with Crippen LogP contribution in [-0.2, 0) is 11.2 Å². The molecule has 1 aliphatic carbocycles. The molecule has 1 fully saturated rings. The average Bonchev–Trinajstić information content (AvgIpc) is 2.83. The second kappa shape index (κ2) is 5.66. The first kappa shape index (κ1) is 13.8. The van der Waals surface area contributed by atoms with Crippen LogP contribution in [0, 0.1) is 18.8 Å². The van der Waals surface area contributed by atoms with Crippen LogP contribution in [-0.4, -0.2) is 10.9 Å². The average molecular weight is 306 g/mol. The third kappa shape index (κ3) is 3.10. The predicted molar refractivity (Wildman–Crippen MR) is 83.0 cm³/mol. The standard InChI is InChI=1S/C15H18N2OS2/c1-9-5-12(9)14(18)17-13(6-11-3-4-19-8-11)15-16-10(2)7-20-15/h3-4,7-9,12-13H,5-6H2,1-2H3,(H,17,18)/t9-,12+,13-/m0/s1. The summed E-state index contributed by atoms with van der Waals surface area (Å²) in [6.07, 6.45) is 1.84. The van der Waals surface area contributed by atoms with Gasteiger partial charge in [0.05, 0.1) is 6.04 Å². The first-order chi connectivity index (χ1) is 9.63. The number of rotatable bonds is 5. The van der Waals surface area contributed by atoms with Crippen LogP contribution in [0.3, 0.4) is 0 Å². The van der Waals surface area contributed by atoms with E-state index in [4.69, 9.17) is 0 Å². The maximum Gasteiger partial charge on any atom is 0.223 e. The minimum atomic E-state index is 0.00333. The largest absolute Gasteiger partial charge is 0.346 e. The second-order valence-corrected chi connectivity index (χ2v) is 7.21.